The minimum absolute atomic E-state index is 0.0187. The van der Waals surface area contributed by atoms with Gasteiger partial charge < -0.3 is 9.51 Å². The Kier molecular flexibility index (Phi) is 2.99. The van der Waals surface area contributed by atoms with E-state index in [1.165, 1.54) is 6.92 Å². The molecule has 0 unspecified atom stereocenters. The molecule has 84 valence electrons. The van der Waals surface area contributed by atoms with Crippen LogP contribution in [0.4, 0.5) is 0 Å². The summed E-state index contributed by atoms with van der Waals surface area (Å²) in [5.74, 6) is -0.0187. The lowest BCUT2D eigenvalue weighted by Gasteiger charge is -2.02. The number of fused-ring (bicyclic) bond motifs is 1. The van der Waals surface area contributed by atoms with Crippen molar-refractivity contribution in [1.29, 1.82) is 0 Å². The maximum Gasteiger partial charge on any atom is 0.162 e. The van der Waals surface area contributed by atoms with Gasteiger partial charge in [0, 0.05) is 30.5 Å². The van der Waals surface area contributed by atoms with Crippen LogP contribution in [0.25, 0.3) is 5.52 Å². The van der Waals surface area contributed by atoms with Gasteiger partial charge in [0.1, 0.15) is 0 Å². The summed E-state index contributed by atoms with van der Waals surface area (Å²) >= 11 is 6.08. The van der Waals surface area contributed by atoms with E-state index in [0.717, 1.165) is 11.2 Å². The summed E-state index contributed by atoms with van der Waals surface area (Å²) in [5, 5.41) is 9.52. The average Bonchev–Trinajstić information content (AvgIpc) is 2.60. The number of hydrogen-bond acceptors (Lipinski definition) is 2. The molecule has 0 aliphatic rings. The second kappa shape index (κ2) is 4.28. The normalized spacial score (nSPS) is 10.9. The molecule has 0 saturated heterocycles. The lowest BCUT2D eigenvalue weighted by atomic mass is 10.2. The number of carbonyl (C=O) groups excluding carboxylic acids is 1. The van der Waals surface area contributed by atoms with Gasteiger partial charge in [-0.2, -0.15) is 0 Å². The van der Waals surface area contributed by atoms with Crippen molar-refractivity contribution in [3.05, 3.63) is 40.7 Å². The SMILES string of the molecule is CC(=O)c1cc(CCO)n2cccc(Cl)c12. The van der Waals surface area contributed by atoms with Crippen LogP contribution in [0.3, 0.4) is 0 Å². The van der Waals surface area contributed by atoms with E-state index in [4.69, 9.17) is 16.7 Å². The summed E-state index contributed by atoms with van der Waals surface area (Å²) < 4.78 is 1.86. The highest BCUT2D eigenvalue weighted by molar-refractivity contribution is 6.34. The Morgan fingerprint density at radius 3 is 2.94 bits per heavy atom. The maximum absolute atomic E-state index is 11.5. The number of nitrogens with zero attached hydrogens (tertiary/aromatic N) is 1. The van der Waals surface area contributed by atoms with Crippen molar-refractivity contribution in [3.8, 4) is 0 Å². The molecule has 0 bridgehead atoms. The Balaban J connectivity index is 2.76. The highest BCUT2D eigenvalue weighted by Gasteiger charge is 2.14. The smallest absolute Gasteiger partial charge is 0.162 e. The van der Waals surface area contributed by atoms with Crippen molar-refractivity contribution < 1.29 is 9.90 Å². The molecular formula is C12H12ClNO2. The molecule has 3 nitrogen and oxygen atoms in total. The van der Waals surface area contributed by atoms with Crippen LogP contribution < -0.4 is 0 Å². The van der Waals surface area contributed by atoms with Crippen LogP contribution in [0.2, 0.25) is 5.02 Å². The van der Waals surface area contributed by atoms with Crippen LogP contribution in [-0.2, 0) is 6.42 Å². The van der Waals surface area contributed by atoms with E-state index in [9.17, 15) is 4.79 Å². The first-order valence-electron chi connectivity index (χ1n) is 5.05. The fourth-order valence-electron chi connectivity index (χ4n) is 1.86. The van der Waals surface area contributed by atoms with E-state index >= 15 is 0 Å². The van der Waals surface area contributed by atoms with Gasteiger partial charge in [0.05, 0.1) is 10.5 Å². The molecule has 0 aliphatic heterocycles. The van der Waals surface area contributed by atoms with Gasteiger partial charge >= 0.3 is 0 Å². The highest BCUT2D eigenvalue weighted by atomic mass is 35.5. The van der Waals surface area contributed by atoms with E-state index in [0.29, 0.717) is 17.0 Å². The van der Waals surface area contributed by atoms with E-state index < -0.39 is 0 Å². The fraction of sp³-hybridized carbons (Fsp3) is 0.250. The van der Waals surface area contributed by atoms with Crippen LogP contribution >= 0.6 is 11.6 Å². The first-order chi connectivity index (χ1) is 7.65. The van der Waals surface area contributed by atoms with Crippen molar-refractivity contribution in [1.82, 2.24) is 4.40 Å². The molecule has 0 fully saturated rings. The zero-order valence-electron chi connectivity index (χ0n) is 8.90. The second-order valence-electron chi connectivity index (χ2n) is 3.65. The third kappa shape index (κ3) is 1.72. The van der Waals surface area contributed by atoms with Gasteiger partial charge in [-0.05, 0) is 25.1 Å². The van der Waals surface area contributed by atoms with E-state index in [2.05, 4.69) is 0 Å². The van der Waals surface area contributed by atoms with Crippen molar-refractivity contribution >= 4 is 22.9 Å². The number of rotatable bonds is 3. The summed E-state index contributed by atoms with van der Waals surface area (Å²) in [6.07, 6.45) is 2.35. The standard InChI is InChI=1S/C12H12ClNO2/c1-8(16)10-7-9(4-6-15)14-5-2-3-11(13)12(10)14/h2-3,5,7,15H,4,6H2,1H3. The maximum atomic E-state index is 11.5. The summed E-state index contributed by atoms with van der Waals surface area (Å²) in [6, 6.07) is 5.37. The zero-order valence-corrected chi connectivity index (χ0v) is 9.66. The highest BCUT2D eigenvalue weighted by Crippen LogP contribution is 2.25. The molecule has 16 heavy (non-hydrogen) atoms. The molecule has 2 aromatic heterocycles. The molecule has 1 N–H and O–H groups in total. The molecule has 2 aromatic rings. The lowest BCUT2D eigenvalue weighted by Crippen LogP contribution is -1.96. The average molecular weight is 238 g/mol. The molecule has 0 amide bonds. The van der Waals surface area contributed by atoms with E-state index in [-0.39, 0.29) is 12.4 Å². The van der Waals surface area contributed by atoms with E-state index in [1.807, 2.05) is 16.7 Å². The summed E-state index contributed by atoms with van der Waals surface area (Å²) in [7, 11) is 0. The van der Waals surface area contributed by atoms with Gasteiger partial charge in [0.25, 0.3) is 0 Å². The molecule has 0 saturated carbocycles. The largest absolute Gasteiger partial charge is 0.396 e. The molecule has 2 rings (SSSR count). The Hall–Kier alpha value is -1.32. The van der Waals surface area contributed by atoms with Crippen LogP contribution in [0, 0.1) is 0 Å². The number of hydrogen-bond donors (Lipinski definition) is 1. The third-order valence-electron chi connectivity index (χ3n) is 2.57. The molecule has 0 aromatic carbocycles. The third-order valence-corrected chi connectivity index (χ3v) is 2.87. The summed E-state index contributed by atoms with van der Waals surface area (Å²) in [4.78, 5) is 11.5. The predicted molar refractivity (Wildman–Crippen MR) is 63.2 cm³/mol. The van der Waals surface area contributed by atoms with Crippen molar-refractivity contribution in [3.63, 3.8) is 0 Å². The minimum atomic E-state index is -0.0187. The van der Waals surface area contributed by atoms with Gasteiger partial charge in [0.2, 0.25) is 0 Å². The summed E-state index contributed by atoms with van der Waals surface area (Å²) in [5.41, 5.74) is 2.22. The van der Waals surface area contributed by atoms with Gasteiger partial charge in [-0.3, -0.25) is 4.79 Å². The van der Waals surface area contributed by atoms with Gasteiger partial charge in [-0.1, -0.05) is 11.6 Å². The number of aliphatic hydroxyl groups is 1. The molecule has 0 radical (unpaired) electrons. The summed E-state index contributed by atoms with van der Waals surface area (Å²) in [6.45, 7) is 1.57. The van der Waals surface area contributed by atoms with Gasteiger partial charge in [-0.25, -0.2) is 0 Å². The van der Waals surface area contributed by atoms with Crippen LogP contribution in [0.1, 0.15) is 23.0 Å². The molecule has 2 heterocycles. The zero-order chi connectivity index (χ0) is 11.7. The number of ketones is 1. The molecule has 0 aliphatic carbocycles. The van der Waals surface area contributed by atoms with E-state index in [1.54, 1.807) is 12.1 Å². The Morgan fingerprint density at radius 2 is 2.31 bits per heavy atom. The van der Waals surface area contributed by atoms with Crippen molar-refractivity contribution in [2.45, 2.75) is 13.3 Å². The Bertz CT molecular complexity index is 545. The molecule has 4 heteroatoms. The van der Waals surface area contributed by atoms with Gasteiger partial charge in [0.15, 0.2) is 5.78 Å². The Labute approximate surface area is 98.3 Å². The van der Waals surface area contributed by atoms with Crippen LogP contribution in [-0.4, -0.2) is 21.9 Å². The quantitative estimate of drug-likeness (QED) is 0.833. The first kappa shape index (κ1) is 11.2. The lowest BCUT2D eigenvalue weighted by molar-refractivity contribution is 0.101. The number of aromatic nitrogens is 1. The van der Waals surface area contributed by atoms with Crippen molar-refractivity contribution in [2.24, 2.45) is 0 Å². The molecular weight excluding hydrogens is 226 g/mol. The minimum Gasteiger partial charge on any atom is -0.396 e. The number of halogens is 1. The number of aliphatic hydroxyl groups excluding tert-OH is 1. The fourth-order valence-corrected chi connectivity index (χ4v) is 2.13. The molecule has 0 spiro atoms. The second-order valence-corrected chi connectivity index (χ2v) is 4.06. The monoisotopic (exact) mass is 237 g/mol. The number of carbonyl (C=O) groups is 1. The number of pyridine rings is 1. The topological polar surface area (TPSA) is 41.7 Å². The molecule has 0 atom stereocenters. The predicted octanol–water partition coefficient (Wildman–Crippen LogP) is 2.33. The number of Topliss-reactive ketones (excluding diaryl/α,β-unsaturated/α-hetero) is 1. The van der Waals surface area contributed by atoms with Gasteiger partial charge in [-0.15, -0.1) is 0 Å². The first-order valence-corrected chi connectivity index (χ1v) is 5.43. The van der Waals surface area contributed by atoms with Crippen LogP contribution in [0.15, 0.2) is 24.4 Å². The van der Waals surface area contributed by atoms with Crippen LogP contribution in [0.5, 0.6) is 0 Å². The Morgan fingerprint density at radius 1 is 1.56 bits per heavy atom. The van der Waals surface area contributed by atoms with Crippen molar-refractivity contribution in [2.75, 3.05) is 6.61 Å².